The smallest absolute Gasteiger partial charge is 0.126 e. The molecule has 0 bridgehead atoms. The summed E-state index contributed by atoms with van der Waals surface area (Å²) in [5.74, 6) is 0.354. The molecule has 1 saturated heterocycles. The van der Waals surface area contributed by atoms with E-state index in [1.165, 1.54) is 12.1 Å². The number of aromatic amines is 1. The first-order valence-electron chi connectivity index (χ1n) is 6.79. The first kappa shape index (κ1) is 13.2. The Morgan fingerprint density at radius 3 is 2.70 bits per heavy atom. The van der Waals surface area contributed by atoms with Crippen LogP contribution in [-0.2, 0) is 6.54 Å². The Morgan fingerprint density at radius 2 is 2.05 bits per heavy atom. The predicted molar refractivity (Wildman–Crippen MR) is 72.3 cm³/mol. The van der Waals surface area contributed by atoms with Crippen LogP contribution in [0.1, 0.15) is 29.4 Å². The Balaban J connectivity index is 1.65. The Hall–Kier alpha value is -1.75. The second-order valence-corrected chi connectivity index (χ2v) is 5.45. The van der Waals surface area contributed by atoms with E-state index in [9.17, 15) is 8.78 Å². The normalized spacial score (nSPS) is 19.6. The molecular weight excluding hydrogens is 260 g/mol. The van der Waals surface area contributed by atoms with Crippen LogP contribution in [0.2, 0.25) is 0 Å². The first-order chi connectivity index (χ1) is 9.60. The van der Waals surface area contributed by atoms with Gasteiger partial charge in [-0.1, -0.05) is 0 Å². The summed E-state index contributed by atoms with van der Waals surface area (Å²) in [5.41, 5.74) is 1.74. The molecule has 0 radical (unpaired) electrons. The largest absolute Gasteiger partial charge is 0.346 e. The number of nitrogens with one attached hydrogen (secondary N) is 1. The Morgan fingerprint density at radius 1 is 1.30 bits per heavy atom. The Labute approximate surface area is 116 Å². The highest BCUT2D eigenvalue weighted by atomic mass is 19.1. The summed E-state index contributed by atoms with van der Waals surface area (Å²) >= 11 is 0. The molecule has 3 rings (SSSR count). The number of H-pyrrole nitrogens is 1. The van der Waals surface area contributed by atoms with E-state index in [4.69, 9.17) is 0 Å². The minimum absolute atomic E-state index is 0.377. The van der Waals surface area contributed by atoms with Crippen LogP contribution in [0.25, 0.3) is 0 Å². The third-order valence-corrected chi connectivity index (χ3v) is 3.71. The summed E-state index contributed by atoms with van der Waals surface area (Å²) < 4.78 is 26.3. The van der Waals surface area contributed by atoms with Gasteiger partial charge < -0.3 is 4.98 Å². The number of benzene rings is 1. The maximum Gasteiger partial charge on any atom is 0.126 e. The fourth-order valence-electron chi connectivity index (χ4n) is 2.80. The summed E-state index contributed by atoms with van der Waals surface area (Å²) in [7, 11) is 0. The number of imidazole rings is 1. The van der Waals surface area contributed by atoms with E-state index in [0.717, 1.165) is 37.1 Å². The van der Waals surface area contributed by atoms with Crippen molar-refractivity contribution in [2.24, 2.45) is 0 Å². The van der Waals surface area contributed by atoms with Crippen molar-refractivity contribution < 1.29 is 8.78 Å². The lowest BCUT2D eigenvalue weighted by Gasteiger charge is -2.15. The lowest BCUT2D eigenvalue weighted by atomic mass is 10.1. The average molecular weight is 277 g/mol. The van der Waals surface area contributed by atoms with Gasteiger partial charge >= 0.3 is 0 Å². The van der Waals surface area contributed by atoms with Gasteiger partial charge in [0.15, 0.2) is 0 Å². The molecule has 3 nitrogen and oxygen atoms in total. The van der Waals surface area contributed by atoms with Crippen molar-refractivity contribution in [3.05, 3.63) is 53.1 Å². The zero-order chi connectivity index (χ0) is 14.1. The summed E-state index contributed by atoms with van der Waals surface area (Å²) in [4.78, 5) is 9.83. The second kappa shape index (κ2) is 5.32. The molecule has 2 heterocycles. The van der Waals surface area contributed by atoms with Crippen LogP contribution in [0.4, 0.5) is 8.78 Å². The van der Waals surface area contributed by atoms with Gasteiger partial charge in [-0.15, -0.1) is 0 Å². The van der Waals surface area contributed by atoms with Gasteiger partial charge in [-0.25, -0.2) is 13.8 Å². The standard InChI is InChI=1S/C15H17F2N3/c1-10-7-18-15(19-10)12-2-3-20(9-12)8-11-4-13(16)6-14(17)5-11/h4-7,12H,2-3,8-9H2,1H3,(H,18,19). The zero-order valence-electron chi connectivity index (χ0n) is 11.4. The molecule has 0 saturated carbocycles. The van der Waals surface area contributed by atoms with Gasteiger partial charge in [0.25, 0.3) is 0 Å². The number of halogens is 2. The number of nitrogens with zero attached hydrogens (tertiary/aromatic N) is 2. The fourth-order valence-corrected chi connectivity index (χ4v) is 2.80. The van der Waals surface area contributed by atoms with E-state index in [1.807, 2.05) is 13.1 Å². The molecule has 5 heteroatoms. The number of likely N-dealkylation sites (tertiary alicyclic amines) is 1. The van der Waals surface area contributed by atoms with Crippen molar-refractivity contribution in [2.75, 3.05) is 13.1 Å². The topological polar surface area (TPSA) is 31.9 Å². The van der Waals surface area contributed by atoms with Gasteiger partial charge in [0, 0.05) is 37.0 Å². The SMILES string of the molecule is Cc1cnc(C2CCN(Cc3cc(F)cc(F)c3)C2)[nH]1. The lowest BCUT2D eigenvalue weighted by Crippen LogP contribution is -2.20. The van der Waals surface area contributed by atoms with Gasteiger partial charge in [-0.3, -0.25) is 4.90 Å². The fraction of sp³-hybridized carbons (Fsp3) is 0.400. The Kier molecular flexibility index (Phi) is 3.53. The van der Waals surface area contributed by atoms with Crippen molar-refractivity contribution in [1.82, 2.24) is 14.9 Å². The van der Waals surface area contributed by atoms with Crippen LogP contribution in [0.3, 0.4) is 0 Å². The molecule has 1 aromatic heterocycles. The number of aryl methyl sites for hydroxylation is 1. The lowest BCUT2D eigenvalue weighted by molar-refractivity contribution is 0.324. The number of hydrogen-bond acceptors (Lipinski definition) is 2. The van der Waals surface area contributed by atoms with Crippen molar-refractivity contribution in [2.45, 2.75) is 25.8 Å². The van der Waals surface area contributed by atoms with E-state index < -0.39 is 11.6 Å². The van der Waals surface area contributed by atoms with Crippen molar-refractivity contribution in [3.8, 4) is 0 Å². The third-order valence-electron chi connectivity index (χ3n) is 3.71. The predicted octanol–water partition coefficient (Wildman–Crippen LogP) is 2.99. The molecule has 1 atom stereocenters. The molecule has 106 valence electrons. The summed E-state index contributed by atoms with van der Waals surface area (Å²) in [6.45, 7) is 4.34. The molecule has 1 aromatic carbocycles. The van der Waals surface area contributed by atoms with Crippen molar-refractivity contribution in [1.29, 1.82) is 0 Å². The zero-order valence-corrected chi connectivity index (χ0v) is 11.4. The van der Waals surface area contributed by atoms with Gasteiger partial charge in [-0.2, -0.15) is 0 Å². The minimum atomic E-state index is -0.516. The van der Waals surface area contributed by atoms with Crippen LogP contribution < -0.4 is 0 Å². The molecule has 0 aliphatic carbocycles. The number of hydrogen-bond donors (Lipinski definition) is 1. The average Bonchev–Trinajstić information content (AvgIpc) is 2.96. The minimum Gasteiger partial charge on any atom is -0.346 e. The van der Waals surface area contributed by atoms with E-state index in [0.29, 0.717) is 18.0 Å². The van der Waals surface area contributed by atoms with E-state index in [2.05, 4.69) is 14.9 Å². The van der Waals surface area contributed by atoms with E-state index in [1.54, 1.807) is 0 Å². The summed E-state index contributed by atoms with van der Waals surface area (Å²) in [5, 5.41) is 0. The second-order valence-electron chi connectivity index (χ2n) is 5.45. The van der Waals surface area contributed by atoms with Crippen LogP contribution >= 0.6 is 0 Å². The molecule has 2 aromatic rings. The molecule has 1 fully saturated rings. The quantitative estimate of drug-likeness (QED) is 0.935. The maximum atomic E-state index is 13.2. The molecule has 0 amide bonds. The third kappa shape index (κ3) is 2.88. The molecule has 1 N–H and O–H groups in total. The van der Waals surface area contributed by atoms with Gasteiger partial charge in [0.05, 0.1) is 0 Å². The number of rotatable bonds is 3. The van der Waals surface area contributed by atoms with E-state index >= 15 is 0 Å². The molecule has 1 unspecified atom stereocenters. The summed E-state index contributed by atoms with van der Waals surface area (Å²) in [6.07, 6.45) is 2.85. The van der Waals surface area contributed by atoms with Crippen molar-refractivity contribution in [3.63, 3.8) is 0 Å². The van der Waals surface area contributed by atoms with Crippen LogP contribution in [0, 0.1) is 18.6 Å². The van der Waals surface area contributed by atoms with Gasteiger partial charge in [-0.05, 0) is 37.6 Å². The monoisotopic (exact) mass is 277 g/mol. The van der Waals surface area contributed by atoms with Gasteiger partial charge in [0.1, 0.15) is 17.5 Å². The van der Waals surface area contributed by atoms with Crippen molar-refractivity contribution >= 4 is 0 Å². The van der Waals surface area contributed by atoms with Crippen LogP contribution in [-0.4, -0.2) is 28.0 Å². The molecule has 20 heavy (non-hydrogen) atoms. The highest BCUT2D eigenvalue weighted by Crippen LogP contribution is 2.26. The molecule has 1 aliphatic heterocycles. The Bertz CT molecular complexity index is 589. The maximum absolute atomic E-state index is 13.2. The van der Waals surface area contributed by atoms with Crippen LogP contribution in [0.15, 0.2) is 24.4 Å². The highest BCUT2D eigenvalue weighted by molar-refractivity contribution is 5.18. The molecular formula is C15H17F2N3. The van der Waals surface area contributed by atoms with E-state index in [-0.39, 0.29) is 0 Å². The number of aromatic nitrogens is 2. The summed E-state index contributed by atoms with van der Waals surface area (Å²) in [6, 6.07) is 3.70. The molecule has 1 aliphatic rings. The highest BCUT2D eigenvalue weighted by Gasteiger charge is 2.25. The van der Waals surface area contributed by atoms with Crippen LogP contribution in [0.5, 0.6) is 0 Å². The molecule has 0 spiro atoms. The first-order valence-corrected chi connectivity index (χ1v) is 6.79. The van der Waals surface area contributed by atoms with Gasteiger partial charge in [0.2, 0.25) is 0 Å².